The molecule has 0 radical (unpaired) electrons. The van der Waals surface area contributed by atoms with E-state index in [9.17, 15) is 14.3 Å². The van der Waals surface area contributed by atoms with Crippen LogP contribution in [0, 0.1) is 5.82 Å². The van der Waals surface area contributed by atoms with Crippen LogP contribution in [-0.4, -0.2) is 28.6 Å². The maximum Gasteiger partial charge on any atom is 0.326 e. The molecular weight excluding hydrogens is 357 g/mol. The van der Waals surface area contributed by atoms with E-state index in [1.807, 2.05) is 12.1 Å². The summed E-state index contributed by atoms with van der Waals surface area (Å²) in [6.45, 7) is 2.29. The van der Waals surface area contributed by atoms with Crippen molar-refractivity contribution in [3.05, 3.63) is 59.4 Å². The number of anilines is 1. The van der Waals surface area contributed by atoms with Gasteiger partial charge >= 0.3 is 5.97 Å². The quantitative estimate of drug-likeness (QED) is 0.625. The SMILES string of the molecule is CCCc1ccc(-c2nc3ccc(F)cc3c3c2C(CN)C(C(=O)O)N3)cc1. The zero-order valence-corrected chi connectivity index (χ0v) is 15.6. The number of aryl methyl sites for hydroxylation is 1. The number of pyridine rings is 1. The Morgan fingerprint density at radius 1 is 1.25 bits per heavy atom. The second-order valence-electron chi connectivity index (χ2n) is 7.16. The molecule has 5 nitrogen and oxygen atoms in total. The summed E-state index contributed by atoms with van der Waals surface area (Å²) in [6, 6.07) is 11.6. The number of carbonyl (C=O) groups is 1. The number of fused-ring (bicyclic) bond motifs is 3. The second kappa shape index (κ2) is 7.20. The van der Waals surface area contributed by atoms with Crippen LogP contribution in [0.5, 0.6) is 0 Å². The summed E-state index contributed by atoms with van der Waals surface area (Å²) in [6.07, 6.45) is 2.06. The van der Waals surface area contributed by atoms with Crippen molar-refractivity contribution >= 4 is 22.6 Å². The van der Waals surface area contributed by atoms with Gasteiger partial charge < -0.3 is 16.2 Å². The predicted octanol–water partition coefficient (Wildman–Crippen LogP) is 3.91. The Labute approximate surface area is 162 Å². The summed E-state index contributed by atoms with van der Waals surface area (Å²) in [5, 5.41) is 13.3. The molecule has 2 heterocycles. The third-order valence-corrected chi connectivity index (χ3v) is 5.34. The molecule has 0 saturated heterocycles. The number of hydrogen-bond acceptors (Lipinski definition) is 4. The number of aliphatic carboxylic acids is 1. The Balaban J connectivity index is 1.96. The number of nitrogens with two attached hydrogens (primary N) is 1. The molecule has 0 saturated carbocycles. The van der Waals surface area contributed by atoms with Crippen LogP contribution in [0.3, 0.4) is 0 Å². The molecule has 144 valence electrons. The van der Waals surface area contributed by atoms with E-state index in [1.54, 1.807) is 6.07 Å². The van der Waals surface area contributed by atoms with Gasteiger partial charge in [0.1, 0.15) is 11.9 Å². The minimum atomic E-state index is -0.986. The fraction of sp³-hybridized carbons (Fsp3) is 0.273. The topological polar surface area (TPSA) is 88.2 Å². The molecule has 3 aromatic rings. The Bertz CT molecular complexity index is 1050. The van der Waals surface area contributed by atoms with Gasteiger partial charge in [0, 0.05) is 29.0 Å². The molecule has 2 unspecified atom stereocenters. The van der Waals surface area contributed by atoms with Crippen molar-refractivity contribution in [1.29, 1.82) is 0 Å². The van der Waals surface area contributed by atoms with E-state index in [0.717, 1.165) is 24.0 Å². The first-order valence-corrected chi connectivity index (χ1v) is 9.45. The zero-order valence-electron chi connectivity index (χ0n) is 15.6. The number of carboxylic acids is 1. The summed E-state index contributed by atoms with van der Waals surface area (Å²) in [5.41, 5.74) is 10.8. The monoisotopic (exact) mass is 379 g/mol. The summed E-state index contributed by atoms with van der Waals surface area (Å²) < 4.78 is 13.9. The molecule has 2 atom stereocenters. The zero-order chi connectivity index (χ0) is 19.8. The number of nitrogens with zero attached hydrogens (tertiary/aromatic N) is 1. The molecule has 0 aliphatic carbocycles. The number of rotatable bonds is 5. The number of carboxylic acid groups (broad SMARTS) is 1. The summed E-state index contributed by atoms with van der Waals surface area (Å²) in [5.74, 6) is -1.82. The number of aromatic nitrogens is 1. The molecule has 1 aliphatic heterocycles. The average Bonchev–Trinajstić information content (AvgIpc) is 3.09. The van der Waals surface area contributed by atoms with Gasteiger partial charge in [-0.3, -0.25) is 0 Å². The standard InChI is InChI=1S/C22H22FN3O2/c1-2-3-12-4-6-13(7-5-12)19-18-16(11-24)21(22(27)28)26-20(18)15-10-14(23)8-9-17(15)25-19/h4-10,16,21,26H,2-3,11,24H2,1H3,(H,27,28). The highest BCUT2D eigenvalue weighted by molar-refractivity contribution is 6.01. The molecule has 4 rings (SSSR count). The molecule has 0 amide bonds. The molecule has 6 heteroatoms. The first kappa shape index (κ1) is 18.4. The van der Waals surface area contributed by atoms with E-state index in [0.29, 0.717) is 22.3 Å². The van der Waals surface area contributed by atoms with Crippen molar-refractivity contribution in [1.82, 2.24) is 4.98 Å². The van der Waals surface area contributed by atoms with Gasteiger partial charge in [-0.2, -0.15) is 0 Å². The Kier molecular flexibility index (Phi) is 4.73. The van der Waals surface area contributed by atoms with E-state index in [2.05, 4.69) is 24.4 Å². The summed E-state index contributed by atoms with van der Waals surface area (Å²) in [4.78, 5) is 16.6. The molecule has 2 aromatic carbocycles. The molecule has 1 aliphatic rings. The summed E-state index contributed by atoms with van der Waals surface area (Å²) in [7, 11) is 0. The molecule has 0 spiro atoms. The van der Waals surface area contributed by atoms with Crippen molar-refractivity contribution in [2.24, 2.45) is 5.73 Å². The number of benzene rings is 2. The molecule has 0 bridgehead atoms. The van der Waals surface area contributed by atoms with Gasteiger partial charge in [-0.15, -0.1) is 0 Å². The Hall–Kier alpha value is -2.99. The first-order valence-electron chi connectivity index (χ1n) is 9.45. The highest BCUT2D eigenvalue weighted by Gasteiger charge is 2.39. The number of hydrogen-bond donors (Lipinski definition) is 3. The fourth-order valence-corrected chi connectivity index (χ4v) is 4.02. The molecule has 28 heavy (non-hydrogen) atoms. The van der Waals surface area contributed by atoms with Gasteiger partial charge in [0.25, 0.3) is 0 Å². The van der Waals surface area contributed by atoms with Gasteiger partial charge in [0.15, 0.2) is 0 Å². The summed E-state index contributed by atoms with van der Waals surface area (Å²) >= 11 is 0. The third-order valence-electron chi connectivity index (χ3n) is 5.34. The lowest BCUT2D eigenvalue weighted by Crippen LogP contribution is -2.34. The molecule has 1 aromatic heterocycles. The van der Waals surface area contributed by atoms with Gasteiger partial charge in [-0.1, -0.05) is 37.6 Å². The van der Waals surface area contributed by atoms with E-state index in [-0.39, 0.29) is 6.54 Å². The van der Waals surface area contributed by atoms with Crippen LogP contribution in [0.1, 0.15) is 30.4 Å². The van der Waals surface area contributed by atoms with Crippen LogP contribution < -0.4 is 11.1 Å². The average molecular weight is 379 g/mol. The first-order chi connectivity index (χ1) is 13.5. The lowest BCUT2D eigenvalue weighted by atomic mass is 9.90. The van der Waals surface area contributed by atoms with E-state index in [1.165, 1.54) is 17.7 Å². The van der Waals surface area contributed by atoms with Crippen LogP contribution >= 0.6 is 0 Å². The fourth-order valence-electron chi connectivity index (χ4n) is 4.02. The molecule has 0 fully saturated rings. The highest BCUT2D eigenvalue weighted by Crippen LogP contribution is 2.45. The lowest BCUT2D eigenvalue weighted by Gasteiger charge is -2.16. The number of nitrogens with one attached hydrogen (secondary N) is 1. The smallest absolute Gasteiger partial charge is 0.326 e. The van der Waals surface area contributed by atoms with Crippen LogP contribution in [0.2, 0.25) is 0 Å². The molecular formula is C22H22FN3O2. The van der Waals surface area contributed by atoms with Crippen molar-refractivity contribution < 1.29 is 14.3 Å². The van der Waals surface area contributed by atoms with Crippen molar-refractivity contribution in [2.75, 3.05) is 11.9 Å². The van der Waals surface area contributed by atoms with Crippen LogP contribution in [0.25, 0.3) is 22.2 Å². The minimum absolute atomic E-state index is 0.153. The maximum absolute atomic E-state index is 13.9. The minimum Gasteiger partial charge on any atom is -0.480 e. The van der Waals surface area contributed by atoms with Gasteiger partial charge in [0.2, 0.25) is 0 Å². The largest absolute Gasteiger partial charge is 0.480 e. The van der Waals surface area contributed by atoms with Gasteiger partial charge in [-0.05, 0) is 30.2 Å². The second-order valence-corrected chi connectivity index (χ2v) is 7.16. The van der Waals surface area contributed by atoms with Crippen LogP contribution in [0.4, 0.5) is 10.1 Å². The normalized spacial score (nSPS) is 18.1. The van der Waals surface area contributed by atoms with E-state index < -0.39 is 23.7 Å². The van der Waals surface area contributed by atoms with Crippen molar-refractivity contribution in [2.45, 2.75) is 31.7 Å². The number of halogens is 1. The Morgan fingerprint density at radius 3 is 2.64 bits per heavy atom. The van der Waals surface area contributed by atoms with Crippen LogP contribution in [0.15, 0.2) is 42.5 Å². The van der Waals surface area contributed by atoms with Gasteiger partial charge in [-0.25, -0.2) is 14.2 Å². The lowest BCUT2D eigenvalue weighted by molar-refractivity contribution is -0.138. The van der Waals surface area contributed by atoms with E-state index in [4.69, 9.17) is 10.7 Å². The van der Waals surface area contributed by atoms with Gasteiger partial charge in [0.05, 0.1) is 16.9 Å². The van der Waals surface area contributed by atoms with Crippen molar-refractivity contribution in [3.63, 3.8) is 0 Å². The van der Waals surface area contributed by atoms with Crippen molar-refractivity contribution in [3.8, 4) is 11.3 Å². The maximum atomic E-state index is 13.9. The van der Waals surface area contributed by atoms with Crippen LogP contribution in [-0.2, 0) is 11.2 Å². The Morgan fingerprint density at radius 2 is 2.00 bits per heavy atom. The predicted molar refractivity (Wildman–Crippen MR) is 108 cm³/mol. The highest BCUT2D eigenvalue weighted by atomic mass is 19.1. The molecule has 4 N–H and O–H groups in total. The third kappa shape index (κ3) is 2.99. The van der Waals surface area contributed by atoms with E-state index >= 15 is 0 Å².